The van der Waals surface area contributed by atoms with Gasteiger partial charge in [-0.3, -0.25) is 4.79 Å². The second kappa shape index (κ2) is 5.01. The van der Waals surface area contributed by atoms with Crippen molar-refractivity contribution >= 4 is 16.9 Å². The molecule has 0 fully saturated rings. The van der Waals surface area contributed by atoms with Crippen LogP contribution in [-0.4, -0.2) is 29.2 Å². The average Bonchev–Trinajstić information content (AvgIpc) is 2.37. The number of carbonyl (C=O) groups is 1. The van der Waals surface area contributed by atoms with Crippen LogP contribution in [0.5, 0.6) is 5.88 Å². The first-order valence-electron chi connectivity index (χ1n) is 5.53. The number of nitrogens with zero attached hydrogens (tertiary/aromatic N) is 1. The minimum atomic E-state index is -1.04. The largest absolute Gasteiger partial charge is 0.481 e. The number of hydrogen-bond acceptors (Lipinski definition) is 4. The lowest BCUT2D eigenvalue weighted by atomic mass is 10.1. The van der Waals surface area contributed by atoms with Gasteiger partial charge in [0.2, 0.25) is 5.88 Å². The number of para-hydroxylation sites is 1. The maximum atomic E-state index is 10.8. The quantitative estimate of drug-likeness (QED) is 0.846. The van der Waals surface area contributed by atoms with Gasteiger partial charge in [0.15, 0.2) is 0 Å². The van der Waals surface area contributed by atoms with E-state index in [1.807, 2.05) is 30.3 Å². The monoisotopic (exact) mass is 246 g/mol. The maximum Gasteiger partial charge on any atom is 0.320 e. The molecule has 0 amide bonds. The van der Waals surface area contributed by atoms with Crippen LogP contribution in [0.25, 0.3) is 10.9 Å². The van der Waals surface area contributed by atoms with Gasteiger partial charge in [0.25, 0.3) is 0 Å². The lowest BCUT2D eigenvalue weighted by Gasteiger charge is -2.11. The Labute approximate surface area is 104 Å². The molecule has 2 rings (SSSR count). The fourth-order valence-corrected chi connectivity index (χ4v) is 1.79. The van der Waals surface area contributed by atoms with E-state index < -0.39 is 12.0 Å². The summed E-state index contributed by atoms with van der Waals surface area (Å²) in [5.74, 6) is -0.615. The van der Waals surface area contributed by atoms with Crippen molar-refractivity contribution in [2.75, 3.05) is 7.11 Å². The second-order valence-electron chi connectivity index (χ2n) is 4.00. The fourth-order valence-electron chi connectivity index (χ4n) is 1.79. The van der Waals surface area contributed by atoms with Gasteiger partial charge in [-0.1, -0.05) is 18.2 Å². The van der Waals surface area contributed by atoms with E-state index in [0.717, 1.165) is 10.9 Å². The molecule has 1 aromatic carbocycles. The number of rotatable bonds is 4. The molecule has 1 unspecified atom stereocenters. The standard InChI is InChI=1S/C13H14N2O3/c1-18-12-9(7-10(14)13(16)17)6-8-4-2-3-5-11(8)15-12/h2-6,10H,7,14H2,1H3,(H,16,17). The Bertz CT molecular complexity index is 583. The van der Waals surface area contributed by atoms with Crippen molar-refractivity contribution < 1.29 is 14.6 Å². The number of aliphatic carboxylic acids is 1. The van der Waals surface area contributed by atoms with Crippen molar-refractivity contribution in [1.82, 2.24) is 4.98 Å². The molecule has 2 aromatic rings. The first-order valence-corrected chi connectivity index (χ1v) is 5.53. The lowest BCUT2D eigenvalue weighted by Crippen LogP contribution is -2.32. The second-order valence-corrected chi connectivity index (χ2v) is 4.00. The Morgan fingerprint density at radius 3 is 2.89 bits per heavy atom. The molecule has 94 valence electrons. The summed E-state index contributed by atoms with van der Waals surface area (Å²) in [7, 11) is 1.51. The SMILES string of the molecule is COc1nc2ccccc2cc1CC(N)C(=O)O. The van der Waals surface area contributed by atoms with E-state index in [1.165, 1.54) is 7.11 Å². The first kappa shape index (κ1) is 12.3. The van der Waals surface area contributed by atoms with E-state index in [4.69, 9.17) is 15.6 Å². The number of benzene rings is 1. The molecule has 0 radical (unpaired) electrons. The van der Waals surface area contributed by atoms with Gasteiger partial charge in [0.1, 0.15) is 6.04 Å². The molecule has 0 aliphatic carbocycles. The molecular weight excluding hydrogens is 232 g/mol. The van der Waals surface area contributed by atoms with Crippen LogP contribution in [0.15, 0.2) is 30.3 Å². The summed E-state index contributed by atoms with van der Waals surface area (Å²) in [5.41, 5.74) is 7.04. The van der Waals surface area contributed by atoms with Crippen LogP contribution in [0.3, 0.4) is 0 Å². The molecule has 0 aliphatic heterocycles. The number of fused-ring (bicyclic) bond motifs is 1. The molecule has 0 spiro atoms. The number of aromatic nitrogens is 1. The van der Waals surface area contributed by atoms with Gasteiger partial charge in [0.05, 0.1) is 12.6 Å². The van der Waals surface area contributed by atoms with Crippen LogP contribution in [0.2, 0.25) is 0 Å². The number of carboxylic acid groups (broad SMARTS) is 1. The third kappa shape index (κ3) is 2.41. The summed E-state index contributed by atoms with van der Waals surface area (Å²) in [5, 5.41) is 9.77. The molecule has 3 N–H and O–H groups in total. The van der Waals surface area contributed by atoms with Crippen LogP contribution in [0.4, 0.5) is 0 Å². The Morgan fingerprint density at radius 1 is 1.50 bits per heavy atom. The Balaban J connectivity index is 2.44. The molecular formula is C13H14N2O3. The highest BCUT2D eigenvalue weighted by Crippen LogP contribution is 2.23. The van der Waals surface area contributed by atoms with Crippen molar-refractivity contribution in [3.05, 3.63) is 35.9 Å². The Kier molecular flexibility index (Phi) is 3.43. The van der Waals surface area contributed by atoms with Crippen LogP contribution < -0.4 is 10.5 Å². The predicted molar refractivity (Wildman–Crippen MR) is 67.6 cm³/mol. The topological polar surface area (TPSA) is 85.4 Å². The molecule has 0 bridgehead atoms. The van der Waals surface area contributed by atoms with Crippen molar-refractivity contribution in [2.45, 2.75) is 12.5 Å². The average molecular weight is 246 g/mol. The van der Waals surface area contributed by atoms with E-state index in [-0.39, 0.29) is 6.42 Å². The van der Waals surface area contributed by atoms with Crippen molar-refractivity contribution in [3.8, 4) is 5.88 Å². The highest BCUT2D eigenvalue weighted by molar-refractivity contribution is 5.80. The third-order valence-corrected chi connectivity index (χ3v) is 2.71. The van der Waals surface area contributed by atoms with E-state index >= 15 is 0 Å². The molecule has 0 aliphatic rings. The molecule has 5 heteroatoms. The number of carboxylic acids is 1. The molecule has 1 aromatic heterocycles. The zero-order valence-corrected chi connectivity index (χ0v) is 9.96. The van der Waals surface area contributed by atoms with Gasteiger partial charge in [-0.05, 0) is 12.1 Å². The number of methoxy groups -OCH3 is 1. The highest BCUT2D eigenvalue weighted by Gasteiger charge is 2.16. The Morgan fingerprint density at radius 2 is 2.22 bits per heavy atom. The smallest absolute Gasteiger partial charge is 0.320 e. The summed E-state index contributed by atoms with van der Waals surface area (Å²) >= 11 is 0. The van der Waals surface area contributed by atoms with Crippen LogP contribution in [0.1, 0.15) is 5.56 Å². The van der Waals surface area contributed by atoms with Crippen molar-refractivity contribution in [1.29, 1.82) is 0 Å². The van der Waals surface area contributed by atoms with Gasteiger partial charge < -0.3 is 15.6 Å². The number of hydrogen-bond donors (Lipinski definition) is 2. The summed E-state index contributed by atoms with van der Waals surface area (Å²) in [6, 6.07) is 8.48. The van der Waals surface area contributed by atoms with Gasteiger partial charge in [-0.15, -0.1) is 0 Å². The summed E-state index contributed by atoms with van der Waals surface area (Å²) in [6.45, 7) is 0. The van der Waals surface area contributed by atoms with E-state index in [0.29, 0.717) is 11.4 Å². The fraction of sp³-hybridized carbons (Fsp3) is 0.231. The summed E-state index contributed by atoms with van der Waals surface area (Å²) in [6.07, 6.45) is 0.191. The minimum Gasteiger partial charge on any atom is -0.481 e. The maximum absolute atomic E-state index is 10.8. The minimum absolute atomic E-state index is 0.191. The number of pyridine rings is 1. The number of nitrogens with two attached hydrogens (primary N) is 1. The predicted octanol–water partition coefficient (Wildman–Crippen LogP) is 1.20. The molecule has 1 heterocycles. The zero-order valence-electron chi connectivity index (χ0n) is 9.96. The summed E-state index contributed by atoms with van der Waals surface area (Å²) < 4.78 is 5.17. The third-order valence-electron chi connectivity index (χ3n) is 2.71. The van der Waals surface area contributed by atoms with Crippen LogP contribution in [0, 0.1) is 0 Å². The molecule has 0 saturated carbocycles. The van der Waals surface area contributed by atoms with Gasteiger partial charge in [-0.25, -0.2) is 4.98 Å². The van der Waals surface area contributed by atoms with Crippen molar-refractivity contribution in [2.24, 2.45) is 5.73 Å². The normalized spacial score (nSPS) is 12.3. The van der Waals surface area contributed by atoms with Gasteiger partial charge >= 0.3 is 5.97 Å². The molecule has 0 saturated heterocycles. The number of ether oxygens (including phenoxy) is 1. The van der Waals surface area contributed by atoms with Crippen molar-refractivity contribution in [3.63, 3.8) is 0 Å². The van der Waals surface area contributed by atoms with Crippen LogP contribution in [-0.2, 0) is 11.2 Å². The highest BCUT2D eigenvalue weighted by atomic mass is 16.5. The van der Waals surface area contributed by atoms with E-state index in [2.05, 4.69) is 4.98 Å². The molecule has 5 nitrogen and oxygen atoms in total. The molecule has 1 atom stereocenters. The van der Waals surface area contributed by atoms with E-state index in [1.54, 1.807) is 0 Å². The van der Waals surface area contributed by atoms with Crippen LogP contribution >= 0.6 is 0 Å². The van der Waals surface area contributed by atoms with Gasteiger partial charge in [-0.2, -0.15) is 0 Å². The zero-order chi connectivity index (χ0) is 13.1. The van der Waals surface area contributed by atoms with Gasteiger partial charge in [0, 0.05) is 17.4 Å². The Hall–Kier alpha value is -2.14. The first-order chi connectivity index (χ1) is 8.61. The lowest BCUT2D eigenvalue weighted by molar-refractivity contribution is -0.138. The molecule has 18 heavy (non-hydrogen) atoms. The van der Waals surface area contributed by atoms with E-state index in [9.17, 15) is 4.79 Å². The summed E-state index contributed by atoms with van der Waals surface area (Å²) in [4.78, 5) is 15.1.